The van der Waals surface area contributed by atoms with Crippen LogP contribution in [0.25, 0.3) is 0 Å². The van der Waals surface area contributed by atoms with E-state index in [9.17, 15) is 14.4 Å². The smallest absolute Gasteiger partial charge is 0.333 e. The molecule has 0 aromatic carbocycles. The topological polar surface area (TPSA) is 81.7 Å². The number of amides is 1. The van der Waals surface area contributed by atoms with Crippen molar-refractivity contribution in [2.24, 2.45) is 5.92 Å². The second-order valence-electron chi connectivity index (χ2n) is 4.84. The summed E-state index contributed by atoms with van der Waals surface area (Å²) < 4.78 is 9.80. The molecular formula is C15H25NO5. The third kappa shape index (κ3) is 9.65. The number of nitrogens with one attached hydrogen (secondary N) is 1. The molecule has 0 heterocycles. The van der Waals surface area contributed by atoms with Crippen molar-refractivity contribution in [3.63, 3.8) is 0 Å². The fourth-order valence-electron chi connectivity index (χ4n) is 1.28. The highest BCUT2D eigenvalue weighted by Gasteiger charge is 2.10. The Hall–Kier alpha value is -1.85. The molecule has 6 heteroatoms. The molecule has 0 saturated heterocycles. The molecule has 1 N–H and O–H groups in total. The summed E-state index contributed by atoms with van der Waals surface area (Å²) in [5.41, 5.74) is 0.328. The summed E-state index contributed by atoms with van der Waals surface area (Å²) in [5.74, 6) is -0.917. The van der Waals surface area contributed by atoms with Gasteiger partial charge >= 0.3 is 11.9 Å². The van der Waals surface area contributed by atoms with Crippen molar-refractivity contribution in [3.05, 3.63) is 12.2 Å². The maximum absolute atomic E-state index is 11.4. The highest BCUT2D eigenvalue weighted by molar-refractivity contribution is 5.86. The Bertz CT molecular complexity index is 378. The largest absolute Gasteiger partial charge is 0.464 e. The minimum absolute atomic E-state index is 0.0382. The van der Waals surface area contributed by atoms with Crippen LogP contribution in [-0.2, 0) is 23.9 Å². The van der Waals surface area contributed by atoms with Crippen molar-refractivity contribution in [3.8, 4) is 0 Å². The fraction of sp³-hybridized carbons (Fsp3) is 0.667. The molecule has 0 rings (SSSR count). The van der Waals surface area contributed by atoms with Gasteiger partial charge in [-0.1, -0.05) is 20.4 Å². The molecule has 0 spiro atoms. The Morgan fingerprint density at radius 3 is 2.43 bits per heavy atom. The predicted molar refractivity (Wildman–Crippen MR) is 78.4 cm³/mol. The molecular weight excluding hydrogens is 274 g/mol. The van der Waals surface area contributed by atoms with Gasteiger partial charge in [0.05, 0.1) is 13.2 Å². The lowest BCUT2D eigenvalue weighted by atomic mass is 10.1. The van der Waals surface area contributed by atoms with E-state index in [0.717, 1.165) is 6.42 Å². The Morgan fingerprint density at radius 2 is 1.86 bits per heavy atom. The molecule has 0 aliphatic heterocycles. The summed E-state index contributed by atoms with van der Waals surface area (Å²) in [5, 5.41) is 2.69. The molecule has 0 aliphatic carbocycles. The quantitative estimate of drug-likeness (QED) is 0.376. The Morgan fingerprint density at radius 1 is 1.19 bits per heavy atom. The van der Waals surface area contributed by atoms with E-state index in [1.54, 1.807) is 6.92 Å². The van der Waals surface area contributed by atoms with Gasteiger partial charge in [0.1, 0.15) is 6.61 Å². The summed E-state index contributed by atoms with van der Waals surface area (Å²) in [6, 6.07) is 0. The first kappa shape index (κ1) is 19.1. The molecule has 120 valence electrons. The normalized spacial score (nSPS) is 11.4. The summed E-state index contributed by atoms with van der Waals surface area (Å²) in [7, 11) is 0. The van der Waals surface area contributed by atoms with Crippen molar-refractivity contribution >= 4 is 17.8 Å². The number of rotatable bonds is 10. The average molecular weight is 299 g/mol. The van der Waals surface area contributed by atoms with Crippen LogP contribution < -0.4 is 5.32 Å². The number of ether oxygens (including phenoxy) is 2. The number of esters is 2. The zero-order valence-electron chi connectivity index (χ0n) is 13.1. The molecule has 0 aromatic rings. The molecule has 0 aliphatic rings. The first-order valence-electron chi connectivity index (χ1n) is 7.14. The van der Waals surface area contributed by atoms with Crippen LogP contribution in [-0.4, -0.2) is 37.6 Å². The molecule has 6 nitrogen and oxygen atoms in total. The first-order chi connectivity index (χ1) is 9.88. The van der Waals surface area contributed by atoms with Crippen molar-refractivity contribution < 1.29 is 23.9 Å². The van der Waals surface area contributed by atoms with E-state index >= 15 is 0 Å². The van der Waals surface area contributed by atoms with Gasteiger partial charge in [-0.25, -0.2) is 4.79 Å². The molecule has 0 radical (unpaired) electrons. The SMILES string of the molecule is C=C(C)C(=O)OCCCC(=O)OCCNC(=O)C(C)CC. The summed E-state index contributed by atoms with van der Waals surface area (Å²) in [6.07, 6.45) is 1.34. The minimum Gasteiger partial charge on any atom is -0.464 e. The van der Waals surface area contributed by atoms with E-state index in [-0.39, 0.29) is 37.4 Å². The third-order valence-electron chi connectivity index (χ3n) is 2.83. The lowest BCUT2D eigenvalue weighted by Crippen LogP contribution is -2.32. The van der Waals surface area contributed by atoms with E-state index in [1.165, 1.54) is 0 Å². The fourth-order valence-corrected chi connectivity index (χ4v) is 1.28. The number of carbonyl (C=O) groups is 3. The Kier molecular flexibility index (Phi) is 9.92. The molecule has 1 atom stereocenters. The van der Waals surface area contributed by atoms with Gasteiger partial charge in [-0.05, 0) is 19.8 Å². The lowest BCUT2D eigenvalue weighted by molar-refractivity contribution is -0.146. The highest BCUT2D eigenvalue weighted by atomic mass is 16.5. The summed E-state index contributed by atoms with van der Waals surface area (Å²) in [6.45, 7) is 9.40. The van der Waals surface area contributed by atoms with Crippen LogP contribution in [0.15, 0.2) is 12.2 Å². The van der Waals surface area contributed by atoms with Crippen molar-refractivity contribution in [1.29, 1.82) is 0 Å². The molecule has 0 fully saturated rings. The van der Waals surface area contributed by atoms with Gasteiger partial charge in [-0.15, -0.1) is 0 Å². The molecule has 0 saturated carbocycles. The number of hydrogen-bond donors (Lipinski definition) is 1. The third-order valence-corrected chi connectivity index (χ3v) is 2.83. The van der Waals surface area contributed by atoms with Crippen molar-refractivity contribution in [1.82, 2.24) is 5.32 Å². The number of hydrogen-bond acceptors (Lipinski definition) is 5. The molecule has 0 bridgehead atoms. The van der Waals surface area contributed by atoms with Crippen LogP contribution in [0.1, 0.15) is 40.0 Å². The summed E-state index contributed by atoms with van der Waals surface area (Å²) >= 11 is 0. The van der Waals surface area contributed by atoms with E-state index in [2.05, 4.69) is 11.9 Å². The van der Waals surface area contributed by atoms with Crippen LogP contribution in [0.2, 0.25) is 0 Å². The number of carbonyl (C=O) groups excluding carboxylic acids is 3. The minimum atomic E-state index is -0.462. The van der Waals surface area contributed by atoms with Gasteiger partial charge in [0.2, 0.25) is 5.91 Å². The van der Waals surface area contributed by atoms with Gasteiger partial charge < -0.3 is 14.8 Å². The van der Waals surface area contributed by atoms with E-state index in [0.29, 0.717) is 18.5 Å². The zero-order chi connectivity index (χ0) is 16.3. The van der Waals surface area contributed by atoms with Gasteiger partial charge in [0, 0.05) is 17.9 Å². The zero-order valence-corrected chi connectivity index (χ0v) is 13.1. The molecule has 1 amide bonds. The molecule has 0 aromatic heterocycles. The second kappa shape index (κ2) is 10.9. The second-order valence-corrected chi connectivity index (χ2v) is 4.84. The standard InChI is InChI=1S/C15H25NO5/c1-5-12(4)14(18)16-8-10-20-13(17)7-6-9-21-15(19)11(2)3/h12H,2,5-10H2,1,3-4H3,(H,16,18). The Balaban J connectivity index is 3.57. The van der Waals surface area contributed by atoms with Crippen LogP contribution in [0.4, 0.5) is 0 Å². The van der Waals surface area contributed by atoms with Gasteiger partial charge in [-0.2, -0.15) is 0 Å². The van der Waals surface area contributed by atoms with E-state index in [4.69, 9.17) is 9.47 Å². The molecule has 21 heavy (non-hydrogen) atoms. The summed E-state index contributed by atoms with van der Waals surface area (Å²) in [4.78, 5) is 33.9. The monoisotopic (exact) mass is 299 g/mol. The maximum Gasteiger partial charge on any atom is 0.333 e. The first-order valence-corrected chi connectivity index (χ1v) is 7.14. The predicted octanol–water partition coefficient (Wildman–Crippen LogP) is 1.59. The maximum atomic E-state index is 11.4. The Labute approximate surface area is 125 Å². The van der Waals surface area contributed by atoms with Crippen molar-refractivity contribution in [2.45, 2.75) is 40.0 Å². The van der Waals surface area contributed by atoms with Gasteiger partial charge in [0.15, 0.2) is 0 Å². The van der Waals surface area contributed by atoms with E-state index in [1.807, 2.05) is 13.8 Å². The van der Waals surface area contributed by atoms with E-state index < -0.39 is 5.97 Å². The average Bonchev–Trinajstić information content (AvgIpc) is 2.46. The van der Waals surface area contributed by atoms with Crippen LogP contribution in [0, 0.1) is 5.92 Å². The molecule has 1 unspecified atom stereocenters. The highest BCUT2D eigenvalue weighted by Crippen LogP contribution is 1.99. The van der Waals surface area contributed by atoms with Crippen LogP contribution >= 0.6 is 0 Å². The van der Waals surface area contributed by atoms with Gasteiger partial charge in [0.25, 0.3) is 0 Å². The van der Waals surface area contributed by atoms with Crippen LogP contribution in [0.3, 0.4) is 0 Å². The van der Waals surface area contributed by atoms with Crippen LogP contribution in [0.5, 0.6) is 0 Å². The van der Waals surface area contributed by atoms with Crippen molar-refractivity contribution in [2.75, 3.05) is 19.8 Å². The lowest BCUT2D eigenvalue weighted by Gasteiger charge is -2.10. The van der Waals surface area contributed by atoms with Gasteiger partial charge in [-0.3, -0.25) is 9.59 Å².